The van der Waals surface area contributed by atoms with Crippen LogP contribution < -0.4 is 0 Å². The summed E-state index contributed by atoms with van der Waals surface area (Å²) in [5, 5.41) is 2.21. The molecule has 1 aliphatic carbocycles. The van der Waals surface area contributed by atoms with Crippen molar-refractivity contribution in [2.75, 3.05) is 0 Å². The Balaban J connectivity index is 0.998. The summed E-state index contributed by atoms with van der Waals surface area (Å²) in [6.45, 7) is 0. The fraction of sp³-hybridized carbons (Fsp3) is 0.0426. The van der Waals surface area contributed by atoms with Crippen LogP contribution in [-0.2, 0) is 6.42 Å². The SMILES string of the molecule is C1=CC(c2ccc(-c3nc(-c4ccc(-c5ccccc5)cc4)cc(-c4ccc(-c5nc6ccccc6s5)cc4)n3)cc2)Cc2c1oc1ccccc21. The summed E-state index contributed by atoms with van der Waals surface area (Å²) >= 11 is 1.71. The molecule has 1 atom stereocenters. The minimum atomic E-state index is 0.266. The Morgan fingerprint density at radius 3 is 1.90 bits per heavy atom. The Bertz CT molecular complexity index is 2710. The summed E-state index contributed by atoms with van der Waals surface area (Å²) in [7, 11) is 0. The summed E-state index contributed by atoms with van der Waals surface area (Å²) in [6, 6.07) is 55.1. The largest absolute Gasteiger partial charge is 0.456 e. The summed E-state index contributed by atoms with van der Waals surface area (Å²) in [5.74, 6) is 1.93. The number of rotatable bonds is 6. The molecular weight excluding hydrogens is 655 g/mol. The highest BCUT2D eigenvalue weighted by Crippen LogP contribution is 2.38. The molecule has 1 aliphatic rings. The number of benzene rings is 6. The van der Waals surface area contributed by atoms with Crippen molar-refractivity contribution in [1.29, 1.82) is 0 Å². The van der Waals surface area contributed by atoms with Crippen molar-refractivity contribution in [3.05, 3.63) is 181 Å². The van der Waals surface area contributed by atoms with E-state index in [4.69, 9.17) is 19.4 Å². The third-order valence-electron chi connectivity index (χ3n) is 9.97. The highest BCUT2D eigenvalue weighted by molar-refractivity contribution is 7.21. The van der Waals surface area contributed by atoms with Gasteiger partial charge in [-0.05, 0) is 53.5 Å². The number of para-hydroxylation sites is 2. The van der Waals surface area contributed by atoms with Gasteiger partial charge in [0.25, 0.3) is 0 Å². The molecule has 0 radical (unpaired) electrons. The number of aromatic nitrogens is 3. The van der Waals surface area contributed by atoms with Gasteiger partial charge >= 0.3 is 0 Å². The maximum Gasteiger partial charge on any atom is 0.160 e. The molecule has 10 rings (SSSR count). The molecule has 4 nitrogen and oxygen atoms in total. The Kier molecular flexibility index (Phi) is 7.43. The first-order chi connectivity index (χ1) is 25.7. The van der Waals surface area contributed by atoms with Crippen molar-refractivity contribution in [3.8, 4) is 55.6 Å². The van der Waals surface area contributed by atoms with E-state index >= 15 is 0 Å². The molecule has 52 heavy (non-hydrogen) atoms. The number of hydrogen-bond donors (Lipinski definition) is 0. The lowest BCUT2D eigenvalue weighted by atomic mass is 9.86. The zero-order valence-electron chi connectivity index (χ0n) is 28.1. The number of thiazole rings is 1. The van der Waals surface area contributed by atoms with E-state index in [1.54, 1.807) is 11.3 Å². The molecule has 3 aromatic heterocycles. The zero-order chi connectivity index (χ0) is 34.4. The minimum absolute atomic E-state index is 0.266. The standard InChI is InChI=1S/C47H31N3OS/c1-2-8-30(9-3-1)31-14-18-33(19-15-31)41-29-42(34-20-24-36(25-21-34)47-50-40-11-5-7-13-45(40)52-47)49-46(48-41)35-22-16-32(17-23-35)37-26-27-44-39(28-37)38-10-4-6-12-43(38)51-44/h1-27,29,37H,28H2. The molecular formula is C47H31N3OS. The van der Waals surface area contributed by atoms with Crippen molar-refractivity contribution in [3.63, 3.8) is 0 Å². The molecule has 9 aromatic rings. The van der Waals surface area contributed by atoms with E-state index in [1.807, 2.05) is 24.3 Å². The zero-order valence-corrected chi connectivity index (χ0v) is 28.9. The third kappa shape index (κ3) is 5.62. The smallest absolute Gasteiger partial charge is 0.160 e. The average Bonchev–Trinajstić information content (AvgIpc) is 3.83. The number of nitrogens with zero attached hydrogens (tertiary/aromatic N) is 3. The van der Waals surface area contributed by atoms with Crippen LogP contribution in [0.5, 0.6) is 0 Å². The van der Waals surface area contributed by atoms with E-state index in [2.05, 4.69) is 146 Å². The fourth-order valence-electron chi connectivity index (χ4n) is 7.18. The molecule has 0 N–H and O–H groups in total. The van der Waals surface area contributed by atoms with Gasteiger partial charge in [0.2, 0.25) is 0 Å². The average molecular weight is 686 g/mol. The molecule has 0 saturated heterocycles. The van der Waals surface area contributed by atoms with E-state index in [0.717, 1.165) is 61.9 Å². The van der Waals surface area contributed by atoms with Crippen LogP contribution in [0.15, 0.2) is 168 Å². The molecule has 1 unspecified atom stereocenters. The molecule has 0 amide bonds. The highest BCUT2D eigenvalue weighted by Gasteiger charge is 2.22. The van der Waals surface area contributed by atoms with E-state index < -0.39 is 0 Å². The summed E-state index contributed by atoms with van der Waals surface area (Å²) in [6.07, 6.45) is 5.29. The molecule has 0 saturated carbocycles. The summed E-state index contributed by atoms with van der Waals surface area (Å²) in [5.41, 5.74) is 12.8. The van der Waals surface area contributed by atoms with Crippen LogP contribution in [0, 0.1) is 0 Å². The summed E-state index contributed by atoms with van der Waals surface area (Å²) in [4.78, 5) is 15.2. The third-order valence-corrected chi connectivity index (χ3v) is 11.1. The van der Waals surface area contributed by atoms with Crippen LogP contribution in [0.2, 0.25) is 0 Å². The van der Waals surface area contributed by atoms with Crippen molar-refractivity contribution in [1.82, 2.24) is 15.0 Å². The van der Waals surface area contributed by atoms with Gasteiger partial charge in [0.05, 0.1) is 21.6 Å². The van der Waals surface area contributed by atoms with Gasteiger partial charge in [-0.25, -0.2) is 15.0 Å². The number of furan rings is 1. The first-order valence-corrected chi connectivity index (χ1v) is 18.3. The van der Waals surface area contributed by atoms with E-state index in [0.29, 0.717) is 5.82 Å². The lowest BCUT2D eigenvalue weighted by Gasteiger charge is -2.17. The van der Waals surface area contributed by atoms with Gasteiger partial charge in [-0.2, -0.15) is 0 Å². The highest BCUT2D eigenvalue weighted by atomic mass is 32.1. The fourth-order valence-corrected chi connectivity index (χ4v) is 8.15. The second kappa shape index (κ2) is 12.7. The summed E-state index contributed by atoms with van der Waals surface area (Å²) < 4.78 is 7.30. The van der Waals surface area contributed by atoms with Crippen molar-refractivity contribution < 1.29 is 4.42 Å². The minimum Gasteiger partial charge on any atom is -0.456 e. The molecule has 246 valence electrons. The number of allylic oxidation sites excluding steroid dienone is 1. The molecule has 0 spiro atoms. The molecule has 6 aromatic carbocycles. The van der Waals surface area contributed by atoms with Crippen LogP contribution in [0.1, 0.15) is 22.8 Å². The van der Waals surface area contributed by atoms with Gasteiger partial charge in [0.1, 0.15) is 16.4 Å². The van der Waals surface area contributed by atoms with Crippen molar-refractivity contribution in [2.45, 2.75) is 12.3 Å². The van der Waals surface area contributed by atoms with E-state index in [9.17, 15) is 0 Å². The first kappa shape index (κ1) is 30.4. The van der Waals surface area contributed by atoms with Crippen LogP contribution in [0.3, 0.4) is 0 Å². The maximum atomic E-state index is 6.11. The first-order valence-electron chi connectivity index (χ1n) is 17.5. The van der Waals surface area contributed by atoms with Crippen LogP contribution in [-0.4, -0.2) is 15.0 Å². The Hall–Kier alpha value is -6.43. The molecule has 0 bridgehead atoms. The van der Waals surface area contributed by atoms with Gasteiger partial charge in [-0.3, -0.25) is 0 Å². The van der Waals surface area contributed by atoms with Crippen molar-refractivity contribution in [2.24, 2.45) is 0 Å². The monoisotopic (exact) mass is 685 g/mol. The van der Waals surface area contributed by atoms with Gasteiger partial charge in [0.15, 0.2) is 5.82 Å². The van der Waals surface area contributed by atoms with Gasteiger partial charge < -0.3 is 4.42 Å². The lowest BCUT2D eigenvalue weighted by Crippen LogP contribution is -2.04. The van der Waals surface area contributed by atoms with Crippen molar-refractivity contribution >= 4 is 38.6 Å². The molecule has 3 heterocycles. The molecule has 0 aliphatic heterocycles. The van der Waals surface area contributed by atoms with E-state index in [-0.39, 0.29) is 5.92 Å². The van der Waals surface area contributed by atoms with Gasteiger partial charge in [-0.15, -0.1) is 11.3 Å². The number of fused-ring (bicyclic) bond motifs is 4. The normalized spacial score (nSPS) is 13.8. The predicted octanol–water partition coefficient (Wildman–Crippen LogP) is 12.5. The van der Waals surface area contributed by atoms with Crippen LogP contribution >= 0.6 is 11.3 Å². The van der Waals surface area contributed by atoms with Gasteiger partial charge in [0, 0.05) is 39.1 Å². The lowest BCUT2D eigenvalue weighted by molar-refractivity contribution is 0.591. The maximum absolute atomic E-state index is 6.11. The van der Waals surface area contributed by atoms with Crippen LogP contribution in [0.4, 0.5) is 0 Å². The molecule has 5 heteroatoms. The van der Waals surface area contributed by atoms with E-state index in [1.165, 1.54) is 32.3 Å². The van der Waals surface area contributed by atoms with Gasteiger partial charge in [-0.1, -0.05) is 140 Å². The Morgan fingerprint density at radius 2 is 1.15 bits per heavy atom. The van der Waals surface area contributed by atoms with Crippen LogP contribution in [0.25, 0.3) is 82.9 Å². The Morgan fingerprint density at radius 1 is 0.538 bits per heavy atom. The second-order valence-corrected chi connectivity index (χ2v) is 14.2. The quantitative estimate of drug-likeness (QED) is 0.175. The Labute approximate surface area is 305 Å². The topological polar surface area (TPSA) is 51.8 Å². The second-order valence-electron chi connectivity index (χ2n) is 13.2. The number of hydrogen-bond acceptors (Lipinski definition) is 5. The predicted molar refractivity (Wildman–Crippen MR) is 214 cm³/mol. The molecule has 0 fully saturated rings.